The Morgan fingerprint density at radius 2 is 2.24 bits per heavy atom. The number of carbonyl (C=O) groups is 1. The molecule has 6 nitrogen and oxygen atoms in total. The zero-order valence-corrected chi connectivity index (χ0v) is 12.8. The Kier molecular flexibility index (Phi) is 5.01. The molecule has 1 fully saturated rings. The summed E-state index contributed by atoms with van der Waals surface area (Å²) in [7, 11) is 3.01. The van der Waals surface area contributed by atoms with Crippen LogP contribution in [0.15, 0.2) is 12.3 Å². The molecule has 1 heterocycles. The van der Waals surface area contributed by atoms with Gasteiger partial charge >= 0.3 is 5.97 Å². The van der Waals surface area contributed by atoms with Crippen LogP contribution in [0, 0.1) is 5.92 Å². The minimum absolute atomic E-state index is 0.322. The van der Waals surface area contributed by atoms with Gasteiger partial charge in [0.05, 0.1) is 25.0 Å². The minimum Gasteiger partial charge on any atom is -0.465 e. The SMILES string of the molecule is COCCN(c1nccc(C(=O)OC)c1N)C(C)C1CC1. The molecule has 1 atom stereocenters. The van der Waals surface area contributed by atoms with Gasteiger partial charge in [0, 0.05) is 25.9 Å². The summed E-state index contributed by atoms with van der Waals surface area (Å²) in [6.07, 6.45) is 4.04. The number of pyridine rings is 1. The van der Waals surface area contributed by atoms with Gasteiger partial charge in [-0.05, 0) is 31.7 Å². The molecule has 1 aliphatic carbocycles. The van der Waals surface area contributed by atoms with Gasteiger partial charge in [-0.2, -0.15) is 0 Å². The molecule has 0 bridgehead atoms. The molecule has 1 saturated carbocycles. The molecule has 1 aromatic rings. The lowest BCUT2D eigenvalue weighted by Crippen LogP contribution is -2.38. The number of nitrogen functional groups attached to an aromatic ring is 1. The molecule has 1 aliphatic rings. The first-order chi connectivity index (χ1) is 10.1. The van der Waals surface area contributed by atoms with E-state index in [0.717, 1.165) is 0 Å². The van der Waals surface area contributed by atoms with E-state index in [1.165, 1.54) is 20.0 Å². The van der Waals surface area contributed by atoms with Crippen LogP contribution in [0.5, 0.6) is 0 Å². The number of anilines is 2. The van der Waals surface area contributed by atoms with Gasteiger partial charge < -0.3 is 20.1 Å². The minimum atomic E-state index is -0.443. The van der Waals surface area contributed by atoms with E-state index in [-0.39, 0.29) is 0 Å². The van der Waals surface area contributed by atoms with Gasteiger partial charge in [-0.1, -0.05) is 0 Å². The number of carbonyl (C=O) groups excluding carboxylic acids is 1. The molecule has 0 spiro atoms. The Morgan fingerprint density at radius 1 is 1.52 bits per heavy atom. The summed E-state index contributed by atoms with van der Waals surface area (Å²) in [5, 5.41) is 0. The van der Waals surface area contributed by atoms with Gasteiger partial charge in [0.25, 0.3) is 0 Å². The monoisotopic (exact) mass is 293 g/mol. The quantitative estimate of drug-likeness (QED) is 0.771. The number of rotatable bonds is 7. The van der Waals surface area contributed by atoms with E-state index in [1.807, 2.05) is 0 Å². The lowest BCUT2D eigenvalue weighted by atomic mass is 10.1. The van der Waals surface area contributed by atoms with Crippen LogP contribution in [0.4, 0.5) is 11.5 Å². The first-order valence-corrected chi connectivity index (χ1v) is 7.18. The van der Waals surface area contributed by atoms with E-state index in [9.17, 15) is 4.79 Å². The van der Waals surface area contributed by atoms with Crippen molar-refractivity contribution in [3.8, 4) is 0 Å². The molecular formula is C15H23N3O3. The van der Waals surface area contributed by atoms with Crippen LogP contribution >= 0.6 is 0 Å². The highest BCUT2D eigenvalue weighted by Gasteiger charge is 2.33. The normalized spacial score (nSPS) is 15.6. The number of nitrogens with two attached hydrogens (primary N) is 1. The number of hydrogen-bond donors (Lipinski definition) is 1. The van der Waals surface area contributed by atoms with Crippen LogP contribution in [0.2, 0.25) is 0 Å². The van der Waals surface area contributed by atoms with Crippen LogP contribution in [0.25, 0.3) is 0 Å². The Labute approximate surface area is 125 Å². The van der Waals surface area contributed by atoms with E-state index >= 15 is 0 Å². The zero-order valence-electron chi connectivity index (χ0n) is 12.8. The predicted octanol–water partition coefficient (Wildman–Crippen LogP) is 1.70. The topological polar surface area (TPSA) is 77.7 Å². The first-order valence-electron chi connectivity index (χ1n) is 7.18. The fraction of sp³-hybridized carbons (Fsp3) is 0.600. The Hall–Kier alpha value is -1.82. The summed E-state index contributed by atoms with van der Waals surface area (Å²) < 4.78 is 9.94. The molecule has 21 heavy (non-hydrogen) atoms. The van der Waals surface area contributed by atoms with Gasteiger partial charge in [-0.25, -0.2) is 9.78 Å². The Bertz CT molecular complexity index is 503. The summed E-state index contributed by atoms with van der Waals surface area (Å²) in [5.74, 6) is 0.848. The van der Waals surface area contributed by atoms with Crippen molar-refractivity contribution in [3.63, 3.8) is 0 Å². The van der Waals surface area contributed by atoms with Gasteiger partial charge in [0.1, 0.15) is 0 Å². The zero-order chi connectivity index (χ0) is 15.4. The molecule has 0 aliphatic heterocycles. The number of esters is 1. The van der Waals surface area contributed by atoms with E-state index in [4.69, 9.17) is 15.2 Å². The molecule has 1 aromatic heterocycles. The standard InChI is InChI=1S/C15H23N3O3/c1-10(11-4-5-11)18(8-9-20-2)14-13(16)12(6-7-17-14)15(19)21-3/h6-7,10-11H,4-5,8-9,16H2,1-3H3. The highest BCUT2D eigenvalue weighted by Crippen LogP contribution is 2.38. The Morgan fingerprint density at radius 3 is 2.81 bits per heavy atom. The summed E-state index contributed by atoms with van der Waals surface area (Å²) in [6.45, 7) is 3.44. The third-order valence-corrected chi connectivity index (χ3v) is 3.98. The van der Waals surface area contributed by atoms with Crippen LogP contribution in [0.1, 0.15) is 30.1 Å². The van der Waals surface area contributed by atoms with Crippen LogP contribution < -0.4 is 10.6 Å². The number of hydrogen-bond acceptors (Lipinski definition) is 6. The van der Waals surface area contributed by atoms with Crippen LogP contribution in [0.3, 0.4) is 0 Å². The number of ether oxygens (including phenoxy) is 2. The molecule has 0 aromatic carbocycles. The first kappa shape index (κ1) is 15.6. The molecule has 0 radical (unpaired) electrons. The highest BCUT2D eigenvalue weighted by molar-refractivity contribution is 5.97. The summed E-state index contributed by atoms with van der Waals surface area (Å²) in [4.78, 5) is 18.3. The molecule has 0 amide bonds. The summed E-state index contributed by atoms with van der Waals surface area (Å²) >= 11 is 0. The second-order valence-electron chi connectivity index (χ2n) is 5.35. The fourth-order valence-corrected chi connectivity index (χ4v) is 2.50. The molecule has 2 rings (SSSR count). The second-order valence-corrected chi connectivity index (χ2v) is 5.35. The van der Waals surface area contributed by atoms with Crippen molar-refractivity contribution in [2.24, 2.45) is 5.92 Å². The molecule has 0 saturated heterocycles. The number of methoxy groups -OCH3 is 2. The largest absolute Gasteiger partial charge is 0.465 e. The molecular weight excluding hydrogens is 270 g/mol. The van der Waals surface area contributed by atoms with E-state index in [1.54, 1.807) is 19.4 Å². The van der Waals surface area contributed by atoms with Crippen molar-refractivity contribution in [1.29, 1.82) is 0 Å². The van der Waals surface area contributed by atoms with Crippen molar-refractivity contribution < 1.29 is 14.3 Å². The fourth-order valence-electron chi connectivity index (χ4n) is 2.50. The maximum atomic E-state index is 11.8. The molecule has 6 heteroatoms. The highest BCUT2D eigenvalue weighted by atomic mass is 16.5. The average Bonchev–Trinajstić information content (AvgIpc) is 3.32. The van der Waals surface area contributed by atoms with E-state index < -0.39 is 5.97 Å². The third kappa shape index (κ3) is 3.44. The van der Waals surface area contributed by atoms with Gasteiger partial charge in [-0.3, -0.25) is 0 Å². The van der Waals surface area contributed by atoms with Crippen molar-refractivity contribution in [3.05, 3.63) is 17.8 Å². The van der Waals surface area contributed by atoms with Gasteiger partial charge in [0.2, 0.25) is 0 Å². The predicted molar refractivity (Wildman–Crippen MR) is 81.4 cm³/mol. The van der Waals surface area contributed by atoms with E-state index in [0.29, 0.717) is 42.2 Å². The van der Waals surface area contributed by atoms with Crippen molar-refractivity contribution in [1.82, 2.24) is 4.98 Å². The third-order valence-electron chi connectivity index (χ3n) is 3.98. The van der Waals surface area contributed by atoms with Crippen LogP contribution in [-0.2, 0) is 9.47 Å². The smallest absolute Gasteiger partial charge is 0.340 e. The van der Waals surface area contributed by atoms with E-state index in [2.05, 4.69) is 16.8 Å². The van der Waals surface area contributed by atoms with Crippen molar-refractivity contribution >= 4 is 17.5 Å². The van der Waals surface area contributed by atoms with Crippen LogP contribution in [-0.4, -0.2) is 44.4 Å². The number of nitrogens with zero attached hydrogens (tertiary/aromatic N) is 2. The lowest BCUT2D eigenvalue weighted by Gasteiger charge is -2.31. The van der Waals surface area contributed by atoms with Gasteiger partial charge in [0.15, 0.2) is 5.82 Å². The second kappa shape index (κ2) is 6.76. The van der Waals surface area contributed by atoms with Crippen molar-refractivity contribution in [2.45, 2.75) is 25.8 Å². The lowest BCUT2D eigenvalue weighted by molar-refractivity contribution is 0.0602. The van der Waals surface area contributed by atoms with Crippen molar-refractivity contribution in [2.75, 3.05) is 38.0 Å². The average molecular weight is 293 g/mol. The summed E-state index contributed by atoms with van der Waals surface area (Å²) in [6, 6.07) is 1.91. The molecule has 1 unspecified atom stereocenters. The summed E-state index contributed by atoms with van der Waals surface area (Å²) in [5.41, 5.74) is 6.87. The molecule has 116 valence electrons. The van der Waals surface area contributed by atoms with Gasteiger partial charge in [-0.15, -0.1) is 0 Å². The number of aromatic nitrogens is 1. The maximum Gasteiger partial charge on any atom is 0.340 e. The maximum absolute atomic E-state index is 11.8. The molecule has 2 N–H and O–H groups in total. The Balaban J connectivity index is 2.32.